The van der Waals surface area contributed by atoms with Gasteiger partial charge in [-0.1, -0.05) is 12.1 Å². The van der Waals surface area contributed by atoms with E-state index in [2.05, 4.69) is 23.5 Å². The highest BCUT2D eigenvalue weighted by Gasteiger charge is 2.15. The number of halogens is 2. The number of hydrogen-bond acceptors (Lipinski definition) is 3. The van der Waals surface area contributed by atoms with Crippen molar-refractivity contribution in [3.8, 4) is 0 Å². The molecule has 0 spiro atoms. The largest absolute Gasteiger partial charge is 0.340 e. The fourth-order valence-corrected chi connectivity index (χ4v) is 3.12. The smallest absolute Gasteiger partial charge is 0.140 e. The Bertz CT molecular complexity index is 599. The summed E-state index contributed by atoms with van der Waals surface area (Å²) in [4.78, 5) is 0.953. The lowest BCUT2D eigenvalue weighted by molar-refractivity contribution is 0.577. The van der Waals surface area contributed by atoms with E-state index in [0.717, 1.165) is 29.8 Å². The van der Waals surface area contributed by atoms with Gasteiger partial charge in [0.1, 0.15) is 5.84 Å². The average molecular weight is 433 g/mol. The Hall–Kier alpha value is -0.690. The van der Waals surface area contributed by atoms with Gasteiger partial charge in [0, 0.05) is 11.7 Å². The summed E-state index contributed by atoms with van der Waals surface area (Å²) in [7, 11) is 0. The number of aryl methyl sites for hydroxylation is 1. The highest BCUT2D eigenvalue weighted by atomic mass is 79.9. The first kappa shape index (κ1) is 18.4. The Balaban J connectivity index is 0.00000110. The fourth-order valence-electron chi connectivity index (χ4n) is 2.49. The molecule has 1 heterocycles. The van der Waals surface area contributed by atoms with Crippen LogP contribution in [0.2, 0.25) is 0 Å². The Labute approximate surface area is 150 Å². The Morgan fingerprint density at radius 2 is 2.05 bits per heavy atom. The number of nitrogens with two attached hydrogens (primary N) is 1. The van der Waals surface area contributed by atoms with Crippen molar-refractivity contribution in [3.63, 3.8) is 0 Å². The number of hydrogen-bond donors (Lipinski definition) is 3. The Kier molecular flexibility index (Phi) is 7.06. The van der Waals surface area contributed by atoms with Crippen molar-refractivity contribution in [1.29, 1.82) is 5.41 Å². The van der Waals surface area contributed by atoms with Crippen LogP contribution in [0.5, 0.6) is 0 Å². The minimum absolute atomic E-state index is 0. The van der Waals surface area contributed by atoms with Crippen LogP contribution in [-0.4, -0.2) is 11.9 Å². The van der Waals surface area contributed by atoms with Crippen molar-refractivity contribution in [2.75, 3.05) is 5.32 Å². The summed E-state index contributed by atoms with van der Waals surface area (Å²) < 4.78 is 0. The molecular formula is C15H19Br2N3S. The molecule has 1 aromatic carbocycles. The van der Waals surface area contributed by atoms with Crippen molar-refractivity contribution in [2.24, 2.45) is 5.73 Å². The quantitative estimate of drug-likeness (QED) is 0.492. The van der Waals surface area contributed by atoms with Gasteiger partial charge in [-0.3, -0.25) is 5.41 Å². The van der Waals surface area contributed by atoms with Crippen LogP contribution in [0, 0.1) is 5.41 Å². The molecule has 0 amide bonds. The summed E-state index contributed by atoms with van der Waals surface area (Å²) in [6.45, 7) is 0. The van der Waals surface area contributed by atoms with Gasteiger partial charge >= 0.3 is 0 Å². The maximum atomic E-state index is 8.04. The predicted molar refractivity (Wildman–Crippen MR) is 102 cm³/mol. The number of fused-ring (bicyclic) bond motifs is 1. The molecule has 114 valence electrons. The van der Waals surface area contributed by atoms with Gasteiger partial charge in [0.15, 0.2) is 0 Å². The Morgan fingerprint density at radius 3 is 2.76 bits per heavy atom. The molecule has 6 heteroatoms. The molecular weight excluding hydrogens is 414 g/mol. The van der Waals surface area contributed by atoms with Crippen LogP contribution in [0.15, 0.2) is 35.7 Å². The molecule has 1 aromatic heterocycles. The van der Waals surface area contributed by atoms with Gasteiger partial charge in [0.05, 0.1) is 4.88 Å². The standard InChI is InChI=1S/C15H17N3S.2BrH/c16-12-5-3-10-4-6-13(9-11(10)8-12)18-15(17)14-2-1-7-19-14;;/h1-2,4,6-7,9,12H,3,5,8,16H2,(H2,17,18);2*1H. The molecule has 1 aliphatic carbocycles. The lowest BCUT2D eigenvalue weighted by Crippen LogP contribution is -2.27. The average Bonchev–Trinajstić information content (AvgIpc) is 2.92. The van der Waals surface area contributed by atoms with Crippen molar-refractivity contribution >= 4 is 56.8 Å². The van der Waals surface area contributed by atoms with Crippen molar-refractivity contribution in [1.82, 2.24) is 0 Å². The van der Waals surface area contributed by atoms with E-state index >= 15 is 0 Å². The van der Waals surface area contributed by atoms with Crippen LogP contribution >= 0.6 is 45.3 Å². The molecule has 1 atom stereocenters. The summed E-state index contributed by atoms with van der Waals surface area (Å²) in [6.07, 6.45) is 3.08. The van der Waals surface area contributed by atoms with E-state index in [-0.39, 0.29) is 40.0 Å². The first-order valence-electron chi connectivity index (χ1n) is 6.49. The number of thiophene rings is 1. The van der Waals surface area contributed by atoms with Gasteiger partial charge in [0.2, 0.25) is 0 Å². The molecule has 3 rings (SSSR count). The predicted octanol–water partition coefficient (Wildman–Crippen LogP) is 4.16. The first-order chi connectivity index (χ1) is 9.22. The zero-order valence-electron chi connectivity index (χ0n) is 11.5. The second-order valence-corrected chi connectivity index (χ2v) is 5.91. The third kappa shape index (κ3) is 4.39. The summed E-state index contributed by atoms with van der Waals surface area (Å²) in [5.74, 6) is 0.454. The highest BCUT2D eigenvalue weighted by Crippen LogP contribution is 2.24. The van der Waals surface area contributed by atoms with E-state index < -0.39 is 0 Å². The molecule has 0 aliphatic heterocycles. The summed E-state index contributed by atoms with van der Waals surface area (Å²) in [5.41, 5.74) is 9.72. The summed E-state index contributed by atoms with van der Waals surface area (Å²) >= 11 is 1.57. The topological polar surface area (TPSA) is 61.9 Å². The molecule has 3 nitrogen and oxygen atoms in total. The van der Waals surface area contributed by atoms with Crippen LogP contribution in [0.1, 0.15) is 22.4 Å². The van der Waals surface area contributed by atoms with E-state index in [0.29, 0.717) is 5.84 Å². The molecule has 0 fully saturated rings. The molecule has 0 saturated carbocycles. The second kappa shape index (κ2) is 8.08. The van der Waals surface area contributed by atoms with Gasteiger partial charge in [0.25, 0.3) is 0 Å². The molecule has 4 N–H and O–H groups in total. The van der Waals surface area contributed by atoms with Gasteiger partial charge < -0.3 is 11.1 Å². The van der Waals surface area contributed by atoms with Crippen molar-refractivity contribution in [2.45, 2.75) is 25.3 Å². The fraction of sp³-hybridized carbons (Fsp3) is 0.267. The lowest BCUT2D eigenvalue weighted by atomic mass is 9.88. The summed E-state index contributed by atoms with van der Waals surface area (Å²) in [5, 5.41) is 13.2. The minimum Gasteiger partial charge on any atom is -0.340 e. The summed E-state index contributed by atoms with van der Waals surface area (Å²) in [6, 6.07) is 10.5. The lowest BCUT2D eigenvalue weighted by Gasteiger charge is -2.22. The van der Waals surface area contributed by atoms with E-state index in [1.165, 1.54) is 11.1 Å². The van der Waals surface area contributed by atoms with Crippen LogP contribution in [0.3, 0.4) is 0 Å². The molecule has 0 bridgehead atoms. The molecule has 2 aromatic rings. The maximum Gasteiger partial charge on any atom is 0.140 e. The van der Waals surface area contributed by atoms with Crippen LogP contribution in [0.4, 0.5) is 5.69 Å². The maximum absolute atomic E-state index is 8.04. The number of benzene rings is 1. The third-order valence-electron chi connectivity index (χ3n) is 3.51. The van der Waals surface area contributed by atoms with E-state index in [1.807, 2.05) is 17.5 Å². The zero-order valence-corrected chi connectivity index (χ0v) is 15.7. The number of anilines is 1. The number of nitrogens with one attached hydrogen (secondary N) is 2. The minimum atomic E-state index is 0. The number of rotatable bonds is 2. The monoisotopic (exact) mass is 431 g/mol. The van der Waals surface area contributed by atoms with Gasteiger partial charge in [-0.2, -0.15) is 0 Å². The van der Waals surface area contributed by atoms with Gasteiger partial charge in [-0.25, -0.2) is 0 Å². The van der Waals surface area contributed by atoms with E-state index in [1.54, 1.807) is 11.3 Å². The molecule has 21 heavy (non-hydrogen) atoms. The second-order valence-electron chi connectivity index (χ2n) is 4.96. The van der Waals surface area contributed by atoms with E-state index in [9.17, 15) is 0 Å². The van der Waals surface area contributed by atoms with Crippen LogP contribution < -0.4 is 11.1 Å². The molecule has 1 unspecified atom stereocenters. The normalized spacial score (nSPS) is 16.1. The SMILES string of the molecule is Br.Br.N=C(Nc1ccc2c(c1)CC(N)CC2)c1cccs1. The highest BCUT2D eigenvalue weighted by molar-refractivity contribution is 8.93. The third-order valence-corrected chi connectivity index (χ3v) is 4.40. The van der Waals surface area contributed by atoms with Gasteiger partial charge in [-0.15, -0.1) is 45.3 Å². The van der Waals surface area contributed by atoms with E-state index in [4.69, 9.17) is 11.1 Å². The zero-order chi connectivity index (χ0) is 13.2. The first-order valence-corrected chi connectivity index (χ1v) is 7.37. The van der Waals surface area contributed by atoms with Crippen molar-refractivity contribution in [3.05, 3.63) is 51.7 Å². The number of amidine groups is 1. The molecule has 1 aliphatic rings. The van der Waals surface area contributed by atoms with Crippen molar-refractivity contribution < 1.29 is 0 Å². The van der Waals surface area contributed by atoms with Gasteiger partial charge in [-0.05, 0) is 54.0 Å². The molecule has 0 saturated heterocycles. The van der Waals surface area contributed by atoms with Crippen LogP contribution in [-0.2, 0) is 12.8 Å². The van der Waals surface area contributed by atoms with Crippen LogP contribution in [0.25, 0.3) is 0 Å². The Morgan fingerprint density at radius 1 is 1.24 bits per heavy atom. The molecule has 0 radical (unpaired) electrons.